The van der Waals surface area contributed by atoms with Crippen molar-refractivity contribution < 1.29 is 23.9 Å². The molecule has 144 valence electrons. The first-order chi connectivity index (χ1) is 13.1. The largest absolute Gasteiger partial charge is 0.379 e. The van der Waals surface area contributed by atoms with Crippen LogP contribution in [0.15, 0.2) is 24.3 Å². The van der Waals surface area contributed by atoms with Crippen LogP contribution in [0.2, 0.25) is 0 Å². The number of fused-ring (bicyclic) bond motifs is 1. The summed E-state index contributed by atoms with van der Waals surface area (Å²) >= 11 is 0. The van der Waals surface area contributed by atoms with Crippen molar-refractivity contribution in [3.8, 4) is 12.3 Å². The van der Waals surface area contributed by atoms with Crippen molar-refractivity contribution in [1.82, 2.24) is 10.6 Å². The predicted molar refractivity (Wildman–Crippen MR) is 98.9 cm³/mol. The van der Waals surface area contributed by atoms with Crippen LogP contribution in [-0.2, 0) is 25.7 Å². The minimum atomic E-state index is -0.924. The molecule has 1 atom stereocenters. The molecule has 1 aromatic carbocycles. The Morgan fingerprint density at radius 3 is 2.78 bits per heavy atom. The van der Waals surface area contributed by atoms with Crippen molar-refractivity contribution >= 4 is 17.6 Å². The number of benzene rings is 1. The van der Waals surface area contributed by atoms with E-state index in [0.29, 0.717) is 50.2 Å². The molecule has 1 unspecified atom stereocenters. The van der Waals surface area contributed by atoms with Gasteiger partial charge in [0, 0.05) is 12.2 Å². The van der Waals surface area contributed by atoms with Crippen LogP contribution in [0.4, 0.5) is 0 Å². The Morgan fingerprint density at radius 2 is 1.96 bits per heavy atom. The zero-order chi connectivity index (χ0) is 19.5. The monoisotopic (exact) mass is 372 g/mol. The van der Waals surface area contributed by atoms with Crippen LogP contribution in [0.3, 0.4) is 0 Å². The second kappa shape index (κ2) is 11.1. The molecule has 0 fully saturated rings. The summed E-state index contributed by atoms with van der Waals surface area (Å²) in [4.78, 5) is 37.1. The van der Waals surface area contributed by atoms with Crippen LogP contribution < -0.4 is 10.6 Å². The molecule has 1 heterocycles. The number of carbonyl (C=O) groups is 3. The molecule has 0 bridgehead atoms. The lowest BCUT2D eigenvalue weighted by atomic mass is 10.0. The van der Waals surface area contributed by atoms with E-state index in [9.17, 15) is 14.4 Å². The first-order valence-electron chi connectivity index (χ1n) is 8.93. The van der Waals surface area contributed by atoms with Crippen molar-refractivity contribution in [2.45, 2.75) is 31.9 Å². The fourth-order valence-corrected chi connectivity index (χ4v) is 2.70. The molecule has 0 radical (unpaired) electrons. The molecule has 2 amide bonds. The van der Waals surface area contributed by atoms with E-state index in [1.165, 1.54) is 0 Å². The van der Waals surface area contributed by atoms with Gasteiger partial charge in [-0.05, 0) is 30.9 Å². The molecule has 0 aromatic heterocycles. The number of hydrogen-bond acceptors (Lipinski definition) is 5. The van der Waals surface area contributed by atoms with Gasteiger partial charge in [-0.15, -0.1) is 6.42 Å². The highest BCUT2D eigenvalue weighted by Crippen LogP contribution is 2.12. The van der Waals surface area contributed by atoms with E-state index in [2.05, 4.69) is 16.6 Å². The number of terminal acetylenes is 1. The van der Waals surface area contributed by atoms with Gasteiger partial charge in [0.1, 0.15) is 0 Å². The molecule has 27 heavy (non-hydrogen) atoms. The number of ketones is 1. The summed E-state index contributed by atoms with van der Waals surface area (Å²) in [5.41, 5.74) is 1.12. The summed E-state index contributed by atoms with van der Waals surface area (Å²) in [6, 6.07) is 6.08. The van der Waals surface area contributed by atoms with Gasteiger partial charge in [-0.1, -0.05) is 24.1 Å². The molecular weight excluding hydrogens is 348 g/mol. The SMILES string of the molecule is C#CCNC(=O)C(=O)C1CCCCOCCOCc2ccccc2C(=O)N1. The number of amides is 2. The number of carbonyl (C=O) groups excluding carboxylic acids is 3. The van der Waals surface area contributed by atoms with Gasteiger partial charge < -0.3 is 20.1 Å². The summed E-state index contributed by atoms with van der Waals surface area (Å²) < 4.78 is 11.0. The highest BCUT2D eigenvalue weighted by Gasteiger charge is 2.27. The highest BCUT2D eigenvalue weighted by atomic mass is 16.5. The standard InChI is InChI=1S/C20H24N2O5/c1-2-10-21-20(25)18(23)17-9-5-6-11-26-12-13-27-14-15-7-3-4-8-16(15)19(24)22-17/h1,3-4,7-8,17H,5-6,9-14H2,(H,21,25)(H,22,24). The predicted octanol–water partition coefficient (Wildman–Crippen LogP) is 0.821. The Kier molecular flexibility index (Phi) is 8.49. The Bertz CT molecular complexity index is 711. The van der Waals surface area contributed by atoms with Gasteiger partial charge >= 0.3 is 0 Å². The Hall–Kier alpha value is -2.69. The van der Waals surface area contributed by atoms with Crippen LogP contribution in [0, 0.1) is 12.3 Å². The van der Waals surface area contributed by atoms with Crippen molar-refractivity contribution in [3.63, 3.8) is 0 Å². The lowest BCUT2D eigenvalue weighted by Gasteiger charge is -2.19. The smallest absolute Gasteiger partial charge is 0.290 e. The molecule has 7 nitrogen and oxygen atoms in total. The van der Waals surface area contributed by atoms with Crippen molar-refractivity contribution in [3.05, 3.63) is 35.4 Å². The molecule has 0 saturated carbocycles. The molecule has 1 aromatic rings. The fraction of sp³-hybridized carbons (Fsp3) is 0.450. The molecule has 1 aliphatic heterocycles. The van der Waals surface area contributed by atoms with Crippen LogP contribution in [0.5, 0.6) is 0 Å². The second-order valence-corrected chi connectivity index (χ2v) is 6.09. The van der Waals surface area contributed by atoms with Crippen LogP contribution in [-0.4, -0.2) is 50.0 Å². The number of rotatable bonds is 3. The maximum Gasteiger partial charge on any atom is 0.290 e. The van der Waals surface area contributed by atoms with Crippen LogP contribution in [0.1, 0.15) is 35.2 Å². The topological polar surface area (TPSA) is 93.7 Å². The highest BCUT2D eigenvalue weighted by molar-refractivity contribution is 6.38. The van der Waals surface area contributed by atoms with Gasteiger partial charge in [0.2, 0.25) is 5.78 Å². The number of nitrogens with one attached hydrogen (secondary N) is 2. The van der Waals surface area contributed by atoms with Gasteiger partial charge in [0.15, 0.2) is 0 Å². The maximum absolute atomic E-state index is 12.7. The molecule has 2 N–H and O–H groups in total. The molecule has 0 aliphatic carbocycles. The zero-order valence-electron chi connectivity index (χ0n) is 15.2. The van der Waals surface area contributed by atoms with Crippen molar-refractivity contribution in [1.29, 1.82) is 0 Å². The first kappa shape index (κ1) is 20.6. The van der Waals surface area contributed by atoms with E-state index >= 15 is 0 Å². The summed E-state index contributed by atoms with van der Waals surface area (Å²) in [6.45, 7) is 1.64. The summed E-state index contributed by atoms with van der Waals surface area (Å²) in [5.74, 6) is 0.327. The third-order valence-corrected chi connectivity index (χ3v) is 4.12. The molecule has 2 rings (SSSR count). The molecule has 0 spiro atoms. The number of ether oxygens (including phenoxy) is 2. The van der Waals surface area contributed by atoms with Gasteiger partial charge in [-0.3, -0.25) is 14.4 Å². The maximum atomic E-state index is 12.7. The molecule has 0 saturated heterocycles. The van der Waals surface area contributed by atoms with Crippen LogP contribution in [0.25, 0.3) is 0 Å². The van der Waals surface area contributed by atoms with Gasteiger partial charge in [0.25, 0.3) is 11.8 Å². The fourth-order valence-electron chi connectivity index (χ4n) is 2.70. The number of Topliss-reactive ketones (excluding diaryl/α,β-unsaturated/α-hetero) is 1. The van der Waals surface area contributed by atoms with Crippen molar-refractivity contribution in [2.75, 3.05) is 26.4 Å². The average molecular weight is 372 g/mol. The summed E-state index contributed by atoms with van der Waals surface area (Å²) in [5, 5.41) is 5.03. The normalized spacial score (nSPS) is 18.9. The van der Waals surface area contributed by atoms with E-state index in [0.717, 1.165) is 0 Å². The quantitative estimate of drug-likeness (QED) is 0.605. The third-order valence-electron chi connectivity index (χ3n) is 4.12. The Balaban J connectivity index is 2.18. The lowest BCUT2D eigenvalue weighted by molar-refractivity contribution is -0.138. The number of hydrogen-bond donors (Lipinski definition) is 2. The van der Waals surface area contributed by atoms with Gasteiger partial charge in [-0.25, -0.2) is 0 Å². The average Bonchev–Trinajstić information content (AvgIpc) is 2.68. The van der Waals surface area contributed by atoms with E-state index < -0.39 is 23.6 Å². The minimum Gasteiger partial charge on any atom is -0.379 e. The van der Waals surface area contributed by atoms with Gasteiger partial charge in [-0.2, -0.15) is 0 Å². The van der Waals surface area contributed by atoms with E-state index in [4.69, 9.17) is 15.9 Å². The van der Waals surface area contributed by atoms with Crippen molar-refractivity contribution in [2.24, 2.45) is 0 Å². The zero-order valence-corrected chi connectivity index (χ0v) is 15.2. The van der Waals surface area contributed by atoms with E-state index in [1.807, 2.05) is 6.07 Å². The van der Waals surface area contributed by atoms with Gasteiger partial charge in [0.05, 0.1) is 32.4 Å². The van der Waals surface area contributed by atoms with E-state index in [1.54, 1.807) is 18.2 Å². The van der Waals surface area contributed by atoms with Crippen LogP contribution >= 0.6 is 0 Å². The molecule has 7 heteroatoms. The van der Waals surface area contributed by atoms with E-state index in [-0.39, 0.29) is 13.2 Å². The minimum absolute atomic E-state index is 0.0424. The second-order valence-electron chi connectivity index (χ2n) is 6.09. The Morgan fingerprint density at radius 1 is 1.19 bits per heavy atom. The third kappa shape index (κ3) is 6.51. The molecule has 1 aliphatic rings. The summed E-state index contributed by atoms with van der Waals surface area (Å²) in [6.07, 6.45) is 6.78. The first-order valence-corrected chi connectivity index (χ1v) is 8.93. The lowest BCUT2D eigenvalue weighted by Crippen LogP contribution is -2.47. The Labute approximate surface area is 158 Å². The molecular formula is C20H24N2O5. The summed E-state index contributed by atoms with van der Waals surface area (Å²) in [7, 11) is 0.